The Kier molecular flexibility index (Phi) is 5.27. The minimum absolute atomic E-state index is 0.0455. The maximum Gasteiger partial charge on any atom is 0.116 e. The van der Waals surface area contributed by atoms with Gasteiger partial charge >= 0.3 is 0 Å². The molecule has 0 bridgehead atoms. The number of benzene rings is 3. The fraction of sp³-hybridized carbons (Fsp3) is 0.375. The second-order valence-electron chi connectivity index (χ2n) is 12.2. The molecule has 2 nitrogen and oxygen atoms in total. The number of hydrogen-bond acceptors (Lipinski definition) is 3. The molecule has 0 aliphatic heterocycles. The van der Waals surface area contributed by atoms with Crippen molar-refractivity contribution >= 4 is 42.4 Å². The Hall–Kier alpha value is -2.78. The van der Waals surface area contributed by atoms with Gasteiger partial charge in [-0.3, -0.25) is 0 Å². The summed E-state index contributed by atoms with van der Waals surface area (Å²) in [5, 5.41) is 3.88. The Balaban J connectivity index is 1.55. The van der Waals surface area contributed by atoms with Gasteiger partial charge in [0.05, 0.1) is 15.9 Å². The van der Waals surface area contributed by atoms with Gasteiger partial charge in [0.1, 0.15) is 6.33 Å². The summed E-state index contributed by atoms with van der Waals surface area (Å²) in [6, 6.07) is 20.3. The summed E-state index contributed by atoms with van der Waals surface area (Å²) in [5.41, 5.74) is 6.74. The molecule has 0 unspecified atom stereocenters. The van der Waals surface area contributed by atoms with E-state index in [-0.39, 0.29) is 5.41 Å². The lowest BCUT2D eigenvalue weighted by atomic mass is 9.71. The Bertz CT molecular complexity index is 1560. The van der Waals surface area contributed by atoms with Crippen LogP contribution in [0.4, 0.5) is 0 Å². The van der Waals surface area contributed by atoms with Gasteiger partial charge < -0.3 is 0 Å². The normalized spacial score (nSPS) is 16.9. The summed E-state index contributed by atoms with van der Waals surface area (Å²) in [6.45, 7) is 11.7. The molecule has 6 rings (SSSR count). The first-order valence-electron chi connectivity index (χ1n) is 12.9. The van der Waals surface area contributed by atoms with Crippen LogP contribution in [-0.4, -0.2) is 9.97 Å². The third-order valence-electron chi connectivity index (χ3n) is 8.03. The largest absolute Gasteiger partial charge is 0.235 e. The molecule has 0 saturated heterocycles. The van der Waals surface area contributed by atoms with Gasteiger partial charge in [-0.1, -0.05) is 77.1 Å². The van der Waals surface area contributed by atoms with Crippen molar-refractivity contribution in [1.82, 2.24) is 9.97 Å². The van der Waals surface area contributed by atoms with E-state index in [4.69, 9.17) is 9.97 Å². The van der Waals surface area contributed by atoms with E-state index >= 15 is 0 Å². The van der Waals surface area contributed by atoms with Crippen molar-refractivity contribution in [3.63, 3.8) is 0 Å². The molecule has 1 fully saturated rings. The molecule has 1 aliphatic carbocycles. The third-order valence-corrected chi connectivity index (χ3v) is 9.28. The predicted octanol–water partition coefficient (Wildman–Crippen LogP) is 9.65. The zero-order valence-corrected chi connectivity index (χ0v) is 22.3. The van der Waals surface area contributed by atoms with E-state index in [1.165, 1.54) is 67.9 Å². The molecule has 0 atom stereocenters. The second kappa shape index (κ2) is 8.13. The molecule has 0 amide bonds. The molecule has 1 saturated carbocycles. The minimum Gasteiger partial charge on any atom is -0.235 e. The highest BCUT2D eigenvalue weighted by molar-refractivity contribution is 7.26. The average molecular weight is 479 g/mol. The zero-order chi connectivity index (χ0) is 24.4. The van der Waals surface area contributed by atoms with E-state index in [1.807, 2.05) is 11.3 Å². The Labute approximate surface area is 212 Å². The maximum atomic E-state index is 4.86. The van der Waals surface area contributed by atoms with Crippen LogP contribution in [0, 0.1) is 5.41 Å². The van der Waals surface area contributed by atoms with Gasteiger partial charge in [-0.05, 0) is 76.5 Å². The number of thiophene rings is 1. The Morgan fingerprint density at radius 2 is 1.60 bits per heavy atom. The summed E-state index contributed by atoms with van der Waals surface area (Å²) in [5.74, 6) is 0.643. The molecule has 178 valence electrons. The van der Waals surface area contributed by atoms with Gasteiger partial charge in [0.15, 0.2) is 0 Å². The highest BCUT2D eigenvalue weighted by atomic mass is 32.1. The zero-order valence-electron chi connectivity index (χ0n) is 21.5. The summed E-state index contributed by atoms with van der Waals surface area (Å²) in [4.78, 5) is 9.66. The first-order chi connectivity index (χ1) is 16.7. The van der Waals surface area contributed by atoms with Crippen LogP contribution < -0.4 is 0 Å². The summed E-state index contributed by atoms with van der Waals surface area (Å²) in [7, 11) is 0. The fourth-order valence-corrected chi connectivity index (χ4v) is 7.28. The van der Waals surface area contributed by atoms with Gasteiger partial charge in [0.2, 0.25) is 0 Å². The molecule has 0 radical (unpaired) electrons. The SMILES string of the molecule is CC1(C)CCC(c2cccc3c2sc2c(-c4cc(C(C)(C)C)c5ccccc5c4)ncnc23)CC1. The fourth-order valence-electron chi connectivity index (χ4n) is 5.92. The molecule has 2 heterocycles. The first kappa shape index (κ1) is 22.7. The number of fused-ring (bicyclic) bond motifs is 4. The quantitative estimate of drug-likeness (QED) is 0.252. The molecule has 3 heteroatoms. The third kappa shape index (κ3) is 3.94. The molecule has 3 aromatic carbocycles. The van der Waals surface area contributed by atoms with Crippen LogP contribution in [0.2, 0.25) is 0 Å². The number of aromatic nitrogens is 2. The maximum absolute atomic E-state index is 4.86. The van der Waals surface area contributed by atoms with Crippen molar-refractivity contribution in [1.29, 1.82) is 0 Å². The molecule has 2 aromatic heterocycles. The van der Waals surface area contributed by atoms with E-state index in [0.717, 1.165) is 11.2 Å². The molecule has 35 heavy (non-hydrogen) atoms. The van der Waals surface area contributed by atoms with E-state index in [9.17, 15) is 0 Å². The van der Waals surface area contributed by atoms with Crippen LogP contribution in [0.1, 0.15) is 77.3 Å². The van der Waals surface area contributed by atoms with E-state index < -0.39 is 0 Å². The van der Waals surface area contributed by atoms with Crippen LogP contribution in [0.3, 0.4) is 0 Å². The van der Waals surface area contributed by atoms with Crippen molar-refractivity contribution in [3.8, 4) is 11.3 Å². The monoisotopic (exact) mass is 478 g/mol. The van der Waals surface area contributed by atoms with Crippen molar-refractivity contribution in [2.75, 3.05) is 0 Å². The first-order valence-corrected chi connectivity index (χ1v) is 13.7. The van der Waals surface area contributed by atoms with Gasteiger partial charge in [-0.25, -0.2) is 9.97 Å². The lowest BCUT2D eigenvalue weighted by molar-refractivity contribution is 0.225. The molecule has 1 aliphatic rings. The van der Waals surface area contributed by atoms with E-state index in [2.05, 4.69) is 89.2 Å². The molecule has 0 N–H and O–H groups in total. The van der Waals surface area contributed by atoms with Crippen LogP contribution in [0.15, 0.2) is 60.9 Å². The highest BCUT2D eigenvalue weighted by Crippen LogP contribution is 2.47. The summed E-state index contributed by atoms with van der Waals surface area (Å²) < 4.78 is 2.62. The number of rotatable bonds is 2. The van der Waals surface area contributed by atoms with Crippen molar-refractivity contribution < 1.29 is 0 Å². The molecular formula is C32H34N2S. The molecular weight excluding hydrogens is 444 g/mol. The lowest BCUT2D eigenvalue weighted by Gasteiger charge is -2.34. The molecule has 5 aromatic rings. The summed E-state index contributed by atoms with van der Waals surface area (Å²) in [6.07, 6.45) is 6.91. The van der Waals surface area contributed by atoms with Gasteiger partial charge in [-0.2, -0.15) is 0 Å². The van der Waals surface area contributed by atoms with Gasteiger partial charge in [-0.15, -0.1) is 11.3 Å². The van der Waals surface area contributed by atoms with Gasteiger partial charge in [0, 0.05) is 15.6 Å². The van der Waals surface area contributed by atoms with Gasteiger partial charge in [0.25, 0.3) is 0 Å². The molecule has 0 spiro atoms. The van der Waals surface area contributed by atoms with Crippen LogP contribution in [-0.2, 0) is 5.41 Å². The predicted molar refractivity (Wildman–Crippen MR) is 152 cm³/mol. The van der Waals surface area contributed by atoms with Crippen LogP contribution >= 0.6 is 11.3 Å². The Morgan fingerprint density at radius 3 is 2.37 bits per heavy atom. The topological polar surface area (TPSA) is 25.8 Å². The van der Waals surface area contributed by atoms with Crippen LogP contribution in [0.5, 0.6) is 0 Å². The van der Waals surface area contributed by atoms with E-state index in [0.29, 0.717) is 11.3 Å². The highest BCUT2D eigenvalue weighted by Gasteiger charge is 2.29. The standard InChI is InChI=1S/C32H34N2S/c1-31(2,3)26-18-22(17-21-9-6-7-10-23(21)26)27-30-28(34-19-33-27)25-12-8-11-24(29(25)35-30)20-13-15-32(4,5)16-14-20/h6-12,17-20H,13-16H2,1-5H3. The lowest BCUT2D eigenvalue weighted by Crippen LogP contribution is -2.20. The van der Waals surface area contributed by atoms with Crippen molar-refractivity contribution in [3.05, 3.63) is 72.1 Å². The number of nitrogens with zero attached hydrogens (tertiary/aromatic N) is 2. The Morgan fingerprint density at radius 1 is 0.857 bits per heavy atom. The summed E-state index contributed by atoms with van der Waals surface area (Å²) >= 11 is 1.90. The van der Waals surface area contributed by atoms with Crippen molar-refractivity contribution in [2.24, 2.45) is 5.41 Å². The van der Waals surface area contributed by atoms with Crippen molar-refractivity contribution in [2.45, 2.75) is 71.6 Å². The van der Waals surface area contributed by atoms with Crippen LogP contribution in [0.25, 0.3) is 42.3 Å². The second-order valence-corrected chi connectivity index (χ2v) is 13.2. The van der Waals surface area contributed by atoms with E-state index in [1.54, 1.807) is 6.33 Å². The number of hydrogen-bond donors (Lipinski definition) is 0. The average Bonchev–Trinajstić information content (AvgIpc) is 3.22. The minimum atomic E-state index is 0.0455. The smallest absolute Gasteiger partial charge is 0.116 e.